The van der Waals surface area contributed by atoms with Crippen LogP contribution in [0, 0.1) is 0 Å². The normalized spacial score (nSPS) is 12.2. The molecule has 1 atom stereocenters. The Balaban J connectivity index is 2.02. The summed E-state index contributed by atoms with van der Waals surface area (Å²) in [6, 6.07) is 6.48. The monoisotopic (exact) mass is 299 g/mol. The molecular formula is C13H11Cl2NO3. The fraction of sp³-hybridized carbons (Fsp3) is 0.154. The lowest BCUT2D eigenvalue weighted by Gasteiger charge is -2.14. The Morgan fingerprint density at radius 1 is 1.32 bits per heavy atom. The molecule has 0 aliphatic heterocycles. The highest BCUT2D eigenvalue weighted by Gasteiger charge is 2.16. The Bertz CT molecular complexity index is 549. The van der Waals surface area contributed by atoms with Crippen LogP contribution in [0.1, 0.15) is 22.0 Å². The van der Waals surface area contributed by atoms with E-state index in [0.717, 1.165) is 0 Å². The maximum absolute atomic E-state index is 11.7. The van der Waals surface area contributed by atoms with Crippen LogP contribution in [0.4, 0.5) is 0 Å². The topological polar surface area (TPSA) is 62.5 Å². The number of aliphatic hydroxyl groups is 1. The Morgan fingerprint density at radius 3 is 2.58 bits per heavy atom. The van der Waals surface area contributed by atoms with Gasteiger partial charge in [-0.25, -0.2) is 0 Å². The molecule has 0 saturated carbocycles. The minimum atomic E-state index is -0.975. The Morgan fingerprint density at radius 2 is 2.00 bits per heavy atom. The second-order valence-electron chi connectivity index (χ2n) is 3.87. The highest BCUT2D eigenvalue weighted by atomic mass is 35.5. The fourth-order valence-electron chi connectivity index (χ4n) is 1.62. The third-order valence-electron chi connectivity index (χ3n) is 2.57. The minimum Gasteiger partial charge on any atom is -0.472 e. The van der Waals surface area contributed by atoms with Gasteiger partial charge < -0.3 is 14.8 Å². The summed E-state index contributed by atoms with van der Waals surface area (Å²) >= 11 is 11.9. The van der Waals surface area contributed by atoms with Crippen molar-refractivity contribution in [2.75, 3.05) is 6.54 Å². The molecule has 0 fully saturated rings. The molecule has 0 aliphatic rings. The van der Waals surface area contributed by atoms with Crippen LogP contribution in [0.2, 0.25) is 10.0 Å². The second kappa shape index (κ2) is 6.10. The number of nitrogens with one attached hydrogen (secondary N) is 1. The highest BCUT2D eigenvalue weighted by Crippen LogP contribution is 2.29. The van der Waals surface area contributed by atoms with Crippen molar-refractivity contribution in [2.24, 2.45) is 0 Å². The van der Waals surface area contributed by atoms with E-state index in [-0.39, 0.29) is 12.5 Å². The average molecular weight is 300 g/mol. The zero-order valence-electron chi connectivity index (χ0n) is 9.77. The Labute approximate surface area is 119 Å². The second-order valence-corrected chi connectivity index (χ2v) is 4.69. The van der Waals surface area contributed by atoms with Crippen LogP contribution in [0.25, 0.3) is 0 Å². The van der Waals surface area contributed by atoms with Gasteiger partial charge in [-0.05, 0) is 18.2 Å². The molecule has 0 aliphatic carbocycles. The summed E-state index contributed by atoms with van der Waals surface area (Å²) in [5.41, 5.74) is 0.788. The summed E-state index contributed by atoms with van der Waals surface area (Å²) in [5, 5.41) is 13.3. The van der Waals surface area contributed by atoms with E-state index in [0.29, 0.717) is 21.2 Å². The van der Waals surface area contributed by atoms with Gasteiger partial charge in [-0.3, -0.25) is 4.79 Å². The number of rotatable bonds is 4. The molecule has 0 spiro atoms. The van der Waals surface area contributed by atoms with Crippen LogP contribution in [0.3, 0.4) is 0 Å². The summed E-state index contributed by atoms with van der Waals surface area (Å²) in [6.45, 7) is 0.00741. The average Bonchev–Trinajstić information content (AvgIpc) is 2.89. The third-order valence-corrected chi connectivity index (χ3v) is 3.23. The zero-order chi connectivity index (χ0) is 13.8. The van der Waals surface area contributed by atoms with E-state index < -0.39 is 6.10 Å². The number of carbonyl (C=O) groups excluding carboxylic acids is 1. The largest absolute Gasteiger partial charge is 0.472 e. The summed E-state index contributed by atoms with van der Waals surface area (Å²) in [6.07, 6.45) is 1.75. The van der Waals surface area contributed by atoms with Gasteiger partial charge in [0.2, 0.25) is 0 Å². The molecule has 1 aromatic carbocycles. The standard InChI is InChI=1S/C13H11Cl2NO3/c14-9-2-1-3-10(15)12(9)11(17)6-16-13(18)8-4-5-19-7-8/h1-5,7,11,17H,6H2,(H,16,18). The number of halogens is 2. The van der Waals surface area contributed by atoms with Crippen LogP contribution >= 0.6 is 23.2 Å². The molecule has 1 heterocycles. The summed E-state index contributed by atoms with van der Waals surface area (Å²) in [7, 11) is 0. The van der Waals surface area contributed by atoms with Crippen molar-refractivity contribution in [3.8, 4) is 0 Å². The molecule has 2 aromatic rings. The lowest BCUT2D eigenvalue weighted by atomic mass is 10.1. The Hall–Kier alpha value is -1.49. The number of aliphatic hydroxyl groups excluding tert-OH is 1. The van der Waals surface area contributed by atoms with Crippen molar-refractivity contribution in [1.29, 1.82) is 0 Å². The molecule has 0 bridgehead atoms. The van der Waals surface area contributed by atoms with Crippen molar-refractivity contribution in [1.82, 2.24) is 5.32 Å². The van der Waals surface area contributed by atoms with Crippen LogP contribution in [-0.2, 0) is 0 Å². The van der Waals surface area contributed by atoms with Gasteiger partial charge in [0.25, 0.3) is 5.91 Å². The minimum absolute atomic E-state index is 0.00741. The van der Waals surface area contributed by atoms with Gasteiger partial charge in [0.1, 0.15) is 6.26 Å². The van der Waals surface area contributed by atoms with Crippen LogP contribution in [-0.4, -0.2) is 17.6 Å². The van der Waals surface area contributed by atoms with Crippen molar-refractivity contribution in [2.45, 2.75) is 6.10 Å². The van der Waals surface area contributed by atoms with Crippen molar-refractivity contribution in [3.05, 3.63) is 58.0 Å². The number of hydrogen-bond donors (Lipinski definition) is 2. The van der Waals surface area contributed by atoms with E-state index in [4.69, 9.17) is 27.6 Å². The first-order valence-corrected chi connectivity index (χ1v) is 6.27. The third kappa shape index (κ3) is 3.29. The number of amides is 1. The van der Waals surface area contributed by atoms with Crippen LogP contribution < -0.4 is 5.32 Å². The summed E-state index contributed by atoms with van der Waals surface area (Å²) in [5.74, 6) is -0.337. The molecule has 1 amide bonds. The molecule has 1 unspecified atom stereocenters. The van der Waals surface area contributed by atoms with E-state index in [1.165, 1.54) is 18.6 Å². The Kier molecular flexibility index (Phi) is 4.47. The predicted octanol–water partition coefficient (Wildman–Crippen LogP) is 3.05. The fourth-order valence-corrected chi connectivity index (χ4v) is 2.27. The molecule has 4 nitrogen and oxygen atoms in total. The van der Waals surface area contributed by atoms with Crippen molar-refractivity contribution >= 4 is 29.1 Å². The lowest BCUT2D eigenvalue weighted by Crippen LogP contribution is -2.28. The SMILES string of the molecule is O=C(NCC(O)c1c(Cl)cccc1Cl)c1ccoc1. The molecule has 1 aromatic heterocycles. The van der Waals surface area contributed by atoms with E-state index in [1.807, 2.05) is 0 Å². The van der Waals surface area contributed by atoms with Crippen LogP contribution in [0.15, 0.2) is 41.2 Å². The molecule has 0 radical (unpaired) electrons. The molecule has 0 saturated heterocycles. The van der Waals surface area contributed by atoms with Gasteiger partial charge in [0, 0.05) is 22.2 Å². The van der Waals surface area contributed by atoms with E-state index in [9.17, 15) is 9.90 Å². The smallest absolute Gasteiger partial charge is 0.254 e. The number of furan rings is 1. The van der Waals surface area contributed by atoms with Gasteiger partial charge in [0.15, 0.2) is 0 Å². The summed E-state index contributed by atoms with van der Waals surface area (Å²) < 4.78 is 4.80. The molecule has 6 heteroatoms. The number of benzene rings is 1. The zero-order valence-corrected chi connectivity index (χ0v) is 11.3. The van der Waals surface area contributed by atoms with Crippen molar-refractivity contribution in [3.63, 3.8) is 0 Å². The highest BCUT2D eigenvalue weighted by molar-refractivity contribution is 6.36. The molecule has 19 heavy (non-hydrogen) atoms. The van der Waals surface area contributed by atoms with Gasteiger partial charge in [-0.1, -0.05) is 29.3 Å². The first-order valence-electron chi connectivity index (χ1n) is 5.52. The van der Waals surface area contributed by atoms with E-state index >= 15 is 0 Å². The quantitative estimate of drug-likeness (QED) is 0.912. The molecular weight excluding hydrogens is 289 g/mol. The maximum Gasteiger partial charge on any atom is 0.254 e. The van der Waals surface area contributed by atoms with Crippen molar-refractivity contribution < 1.29 is 14.3 Å². The van der Waals surface area contributed by atoms with Gasteiger partial charge in [-0.15, -0.1) is 0 Å². The predicted molar refractivity (Wildman–Crippen MR) is 72.5 cm³/mol. The first-order chi connectivity index (χ1) is 9.09. The molecule has 2 rings (SSSR count). The van der Waals surface area contributed by atoms with Gasteiger partial charge in [0.05, 0.1) is 17.9 Å². The van der Waals surface area contributed by atoms with Gasteiger partial charge in [-0.2, -0.15) is 0 Å². The van der Waals surface area contributed by atoms with Gasteiger partial charge >= 0.3 is 0 Å². The number of hydrogen-bond acceptors (Lipinski definition) is 3. The number of carbonyl (C=O) groups is 1. The summed E-state index contributed by atoms with van der Waals surface area (Å²) in [4.78, 5) is 11.7. The molecule has 2 N–H and O–H groups in total. The lowest BCUT2D eigenvalue weighted by molar-refractivity contribution is 0.0915. The maximum atomic E-state index is 11.7. The van der Waals surface area contributed by atoms with Crippen LogP contribution in [0.5, 0.6) is 0 Å². The van der Waals surface area contributed by atoms with E-state index in [1.54, 1.807) is 18.2 Å². The first kappa shape index (κ1) is 13.9. The molecule has 100 valence electrons. The van der Waals surface area contributed by atoms with E-state index in [2.05, 4.69) is 5.32 Å².